The molecule has 0 spiro atoms. The van der Waals surface area contributed by atoms with Crippen LogP contribution in [0.1, 0.15) is 297 Å². The molecule has 0 aromatic heterocycles. The second-order valence-corrected chi connectivity index (χ2v) is 18.8. The Bertz CT molecular complexity index is 1080. The zero-order valence-corrected chi connectivity index (χ0v) is 42.8. The maximum Gasteiger partial charge on any atom is 0.306 e. The number of hydrogen-bond acceptors (Lipinski definition) is 6. The van der Waals surface area contributed by atoms with E-state index in [4.69, 9.17) is 14.2 Å². The Morgan fingerprint density at radius 2 is 0.562 bits per heavy atom. The van der Waals surface area contributed by atoms with Crippen molar-refractivity contribution in [3.63, 3.8) is 0 Å². The van der Waals surface area contributed by atoms with Gasteiger partial charge in [0.25, 0.3) is 0 Å². The fourth-order valence-corrected chi connectivity index (χ4v) is 8.12. The Hall–Kier alpha value is -2.37. The molecular weight excluding hydrogens is 793 g/mol. The number of carbonyl (C=O) groups is 3. The number of esters is 3. The van der Waals surface area contributed by atoms with Gasteiger partial charge in [-0.3, -0.25) is 14.4 Å². The van der Waals surface area contributed by atoms with E-state index in [0.29, 0.717) is 19.3 Å². The lowest BCUT2D eigenvalue weighted by Gasteiger charge is -2.18. The molecule has 1 atom stereocenters. The van der Waals surface area contributed by atoms with Gasteiger partial charge in [-0.05, 0) is 77.0 Å². The maximum absolute atomic E-state index is 12.8. The normalized spacial score (nSPS) is 12.2. The van der Waals surface area contributed by atoms with Gasteiger partial charge in [-0.25, -0.2) is 0 Å². The zero-order valence-electron chi connectivity index (χ0n) is 42.8. The molecule has 0 aliphatic rings. The van der Waals surface area contributed by atoms with Gasteiger partial charge in [0.1, 0.15) is 13.2 Å². The summed E-state index contributed by atoms with van der Waals surface area (Å²) >= 11 is 0. The predicted octanol–water partition coefficient (Wildman–Crippen LogP) is 18.5. The van der Waals surface area contributed by atoms with Crippen molar-refractivity contribution < 1.29 is 28.6 Å². The summed E-state index contributed by atoms with van der Waals surface area (Å²) in [7, 11) is 0. The standard InChI is InChI=1S/C58H106O6/c1-4-7-10-13-16-18-20-22-24-26-27-28-29-30-31-33-34-36-38-40-42-45-48-51-57(60)63-54-55(53-62-56(59)50-47-44-15-12-9-6-3)64-58(61)52-49-46-43-41-39-37-35-32-25-23-21-19-17-14-11-8-5-2/h20,22-23,25-27,55H,4-19,21,24,28-54H2,1-3H3/b22-20-,25-23-,27-26-. The van der Waals surface area contributed by atoms with Crippen LogP contribution in [0.2, 0.25) is 0 Å². The zero-order chi connectivity index (χ0) is 46.5. The van der Waals surface area contributed by atoms with Crippen LogP contribution >= 0.6 is 0 Å². The average Bonchev–Trinajstić information content (AvgIpc) is 3.29. The molecular formula is C58H106O6. The van der Waals surface area contributed by atoms with E-state index in [9.17, 15) is 14.4 Å². The number of hydrogen-bond donors (Lipinski definition) is 0. The minimum Gasteiger partial charge on any atom is -0.462 e. The third-order valence-corrected chi connectivity index (χ3v) is 12.4. The van der Waals surface area contributed by atoms with E-state index in [-0.39, 0.29) is 31.1 Å². The van der Waals surface area contributed by atoms with Crippen molar-refractivity contribution in [3.05, 3.63) is 36.5 Å². The molecule has 0 N–H and O–H groups in total. The van der Waals surface area contributed by atoms with E-state index in [1.807, 2.05) is 0 Å². The Morgan fingerprint density at radius 3 is 0.875 bits per heavy atom. The summed E-state index contributed by atoms with van der Waals surface area (Å²) in [6, 6.07) is 0. The highest BCUT2D eigenvalue weighted by atomic mass is 16.6. The van der Waals surface area contributed by atoms with Gasteiger partial charge in [0.15, 0.2) is 6.10 Å². The Kier molecular flexibility index (Phi) is 51.3. The molecule has 0 bridgehead atoms. The maximum atomic E-state index is 12.8. The largest absolute Gasteiger partial charge is 0.462 e. The quantitative estimate of drug-likeness (QED) is 0.0262. The molecule has 0 aliphatic carbocycles. The van der Waals surface area contributed by atoms with Crippen molar-refractivity contribution in [2.24, 2.45) is 0 Å². The van der Waals surface area contributed by atoms with Gasteiger partial charge in [0.2, 0.25) is 0 Å². The highest BCUT2D eigenvalue weighted by Gasteiger charge is 2.19. The van der Waals surface area contributed by atoms with Crippen molar-refractivity contribution in [2.45, 2.75) is 303 Å². The third-order valence-electron chi connectivity index (χ3n) is 12.4. The monoisotopic (exact) mass is 899 g/mol. The summed E-state index contributed by atoms with van der Waals surface area (Å²) in [5.74, 6) is -0.876. The minimum atomic E-state index is -0.770. The number of rotatable bonds is 51. The molecule has 0 heterocycles. The molecule has 374 valence electrons. The summed E-state index contributed by atoms with van der Waals surface area (Å²) in [6.45, 7) is 6.59. The van der Waals surface area contributed by atoms with Gasteiger partial charge >= 0.3 is 17.9 Å². The van der Waals surface area contributed by atoms with Gasteiger partial charge < -0.3 is 14.2 Å². The number of ether oxygens (including phenoxy) is 3. The molecule has 1 unspecified atom stereocenters. The Balaban J connectivity index is 4.13. The lowest BCUT2D eigenvalue weighted by atomic mass is 10.0. The van der Waals surface area contributed by atoms with Crippen LogP contribution in [-0.2, 0) is 28.6 Å². The molecule has 0 fully saturated rings. The van der Waals surface area contributed by atoms with Crippen LogP contribution in [0.4, 0.5) is 0 Å². The highest BCUT2D eigenvalue weighted by molar-refractivity contribution is 5.71. The first-order valence-corrected chi connectivity index (χ1v) is 28.0. The van der Waals surface area contributed by atoms with Crippen molar-refractivity contribution >= 4 is 17.9 Å². The molecule has 0 saturated heterocycles. The Labute approximate surface area is 397 Å². The van der Waals surface area contributed by atoms with Crippen molar-refractivity contribution in [3.8, 4) is 0 Å². The molecule has 0 aromatic carbocycles. The predicted molar refractivity (Wildman–Crippen MR) is 275 cm³/mol. The molecule has 0 radical (unpaired) electrons. The number of allylic oxidation sites excluding steroid dienone is 6. The second kappa shape index (κ2) is 53.2. The van der Waals surface area contributed by atoms with E-state index in [1.165, 1.54) is 193 Å². The first kappa shape index (κ1) is 61.6. The summed E-state index contributed by atoms with van der Waals surface area (Å²) < 4.78 is 16.7. The average molecular weight is 899 g/mol. The molecule has 6 nitrogen and oxygen atoms in total. The smallest absolute Gasteiger partial charge is 0.306 e. The van der Waals surface area contributed by atoms with Crippen LogP contribution in [0, 0.1) is 0 Å². The van der Waals surface area contributed by atoms with Gasteiger partial charge in [-0.2, -0.15) is 0 Å². The molecule has 0 amide bonds. The van der Waals surface area contributed by atoms with Crippen LogP contribution in [0.15, 0.2) is 36.5 Å². The van der Waals surface area contributed by atoms with Crippen molar-refractivity contribution in [2.75, 3.05) is 13.2 Å². The summed E-state index contributed by atoms with van der Waals surface area (Å²) in [5.41, 5.74) is 0. The van der Waals surface area contributed by atoms with Gasteiger partial charge in [0, 0.05) is 19.3 Å². The second-order valence-electron chi connectivity index (χ2n) is 18.8. The molecule has 0 rings (SSSR count). The fraction of sp³-hybridized carbons (Fsp3) is 0.845. The highest BCUT2D eigenvalue weighted by Crippen LogP contribution is 2.16. The van der Waals surface area contributed by atoms with Gasteiger partial charge in [-0.1, -0.05) is 237 Å². The molecule has 0 saturated carbocycles. The van der Waals surface area contributed by atoms with Crippen molar-refractivity contribution in [1.82, 2.24) is 0 Å². The van der Waals surface area contributed by atoms with Crippen LogP contribution in [0.3, 0.4) is 0 Å². The SMILES string of the molecule is CCCCCCC/C=C\C/C=C\CCCCCCCCCCCCCC(=O)OCC(COC(=O)CCCCCCCC)OC(=O)CCCCCCCCC/C=C\CCCCCCCC. The summed E-state index contributed by atoms with van der Waals surface area (Å²) in [5, 5.41) is 0. The lowest BCUT2D eigenvalue weighted by Crippen LogP contribution is -2.30. The molecule has 6 heteroatoms. The third kappa shape index (κ3) is 50.6. The van der Waals surface area contributed by atoms with Gasteiger partial charge in [0.05, 0.1) is 0 Å². The molecule has 0 aromatic rings. The topological polar surface area (TPSA) is 78.9 Å². The summed E-state index contributed by atoms with van der Waals surface area (Å²) in [4.78, 5) is 37.8. The van der Waals surface area contributed by atoms with E-state index in [0.717, 1.165) is 64.2 Å². The number of carbonyl (C=O) groups excluding carboxylic acids is 3. The lowest BCUT2D eigenvalue weighted by molar-refractivity contribution is -0.167. The van der Waals surface area contributed by atoms with E-state index >= 15 is 0 Å². The van der Waals surface area contributed by atoms with Crippen LogP contribution in [0.5, 0.6) is 0 Å². The van der Waals surface area contributed by atoms with Crippen LogP contribution in [-0.4, -0.2) is 37.2 Å². The van der Waals surface area contributed by atoms with E-state index in [1.54, 1.807) is 0 Å². The first-order chi connectivity index (χ1) is 31.5. The van der Waals surface area contributed by atoms with Gasteiger partial charge in [-0.15, -0.1) is 0 Å². The fourth-order valence-electron chi connectivity index (χ4n) is 8.12. The van der Waals surface area contributed by atoms with Crippen LogP contribution in [0.25, 0.3) is 0 Å². The number of unbranched alkanes of at least 4 members (excludes halogenated alkanes) is 34. The van der Waals surface area contributed by atoms with E-state index < -0.39 is 6.10 Å². The van der Waals surface area contributed by atoms with E-state index in [2.05, 4.69) is 57.2 Å². The summed E-state index contributed by atoms with van der Waals surface area (Å²) in [6.07, 6.45) is 63.1. The first-order valence-electron chi connectivity index (χ1n) is 28.0. The minimum absolute atomic E-state index is 0.0727. The Morgan fingerprint density at radius 1 is 0.312 bits per heavy atom. The van der Waals surface area contributed by atoms with Crippen molar-refractivity contribution in [1.29, 1.82) is 0 Å². The molecule has 0 aliphatic heterocycles. The van der Waals surface area contributed by atoms with Crippen LogP contribution < -0.4 is 0 Å². The molecule has 64 heavy (non-hydrogen) atoms.